The van der Waals surface area contributed by atoms with Crippen molar-refractivity contribution >= 4 is 29.3 Å². The number of furan rings is 1. The molecule has 1 aromatic carbocycles. The lowest BCUT2D eigenvalue weighted by Crippen LogP contribution is -1.91. The molecule has 1 aromatic heterocycles. The molecule has 0 aliphatic rings. The van der Waals surface area contributed by atoms with Crippen LogP contribution in [0, 0.1) is 6.92 Å². The van der Waals surface area contributed by atoms with E-state index < -0.39 is 5.97 Å². The summed E-state index contributed by atoms with van der Waals surface area (Å²) in [5.74, 6) is 1.22. The highest BCUT2D eigenvalue weighted by molar-refractivity contribution is 7.97. The van der Waals surface area contributed by atoms with Crippen LogP contribution in [-0.2, 0) is 11.5 Å². The average Bonchev–Trinajstić information content (AvgIpc) is 2.74. The third kappa shape index (κ3) is 3.78. The maximum Gasteiger partial charge on any atom is 0.371 e. The Bertz CT molecular complexity index is 575. The standard InChI is InChI=1S/C14H13ClO3S/c1-9-11(6-13(18-9)14(16)17)8-19-7-10-2-4-12(15)5-3-10/h2-6H,7-8H2,1H3,(H,16,17). The number of carboxylic acid groups (broad SMARTS) is 1. The number of hydrogen-bond donors (Lipinski definition) is 1. The molecular formula is C14H13ClO3S. The van der Waals surface area contributed by atoms with Gasteiger partial charge in [0.15, 0.2) is 0 Å². The topological polar surface area (TPSA) is 50.4 Å². The first-order chi connectivity index (χ1) is 9.06. The van der Waals surface area contributed by atoms with Gasteiger partial charge in [0.2, 0.25) is 5.76 Å². The van der Waals surface area contributed by atoms with Crippen molar-refractivity contribution in [1.29, 1.82) is 0 Å². The number of carbonyl (C=O) groups is 1. The van der Waals surface area contributed by atoms with Gasteiger partial charge in [-0.1, -0.05) is 23.7 Å². The second-order valence-corrected chi connectivity index (χ2v) is 5.54. The minimum atomic E-state index is -1.03. The van der Waals surface area contributed by atoms with Gasteiger partial charge in [0.1, 0.15) is 5.76 Å². The molecule has 19 heavy (non-hydrogen) atoms. The Morgan fingerprint density at radius 3 is 2.58 bits per heavy atom. The molecule has 1 heterocycles. The van der Waals surface area contributed by atoms with Gasteiger partial charge in [0.05, 0.1) is 0 Å². The van der Waals surface area contributed by atoms with E-state index in [0.29, 0.717) is 5.76 Å². The summed E-state index contributed by atoms with van der Waals surface area (Å²) in [6.07, 6.45) is 0. The average molecular weight is 297 g/mol. The predicted molar refractivity (Wildman–Crippen MR) is 76.9 cm³/mol. The van der Waals surface area contributed by atoms with Gasteiger partial charge in [-0.3, -0.25) is 0 Å². The Kier molecular flexibility index (Phi) is 4.56. The maximum atomic E-state index is 10.8. The number of rotatable bonds is 5. The molecule has 0 spiro atoms. The van der Waals surface area contributed by atoms with Gasteiger partial charge in [0.25, 0.3) is 0 Å². The number of carboxylic acids is 1. The van der Waals surface area contributed by atoms with Crippen molar-refractivity contribution in [3.05, 3.63) is 58.0 Å². The Hall–Kier alpha value is -1.39. The van der Waals surface area contributed by atoms with E-state index in [1.165, 1.54) is 5.56 Å². The first-order valence-corrected chi connectivity index (χ1v) is 7.24. The smallest absolute Gasteiger partial charge is 0.371 e. The second kappa shape index (κ2) is 6.17. The Morgan fingerprint density at radius 1 is 1.32 bits per heavy atom. The van der Waals surface area contributed by atoms with Gasteiger partial charge >= 0.3 is 5.97 Å². The number of hydrogen-bond acceptors (Lipinski definition) is 3. The number of aryl methyl sites for hydroxylation is 1. The number of aromatic carboxylic acids is 1. The molecule has 0 amide bonds. The highest BCUT2D eigenvalue weighted by atomic mass is 35.5. The molecule has 5 heteroatoms. The molecule has 0 saturated carbocycles. The van der Waals surface area contributed by atoms with Crippen molar-refractivity contribution in [3.63, 3.8) is 0 Å². The quantitative estimate of drug-likeness (QED) is 0.890. The minimum absolute atomic E-state index is 0.000377. The molecule has 100 valence electrons. The van der Waals surface area contributed by atoms with Gasteiger partial charge in [-0.05, 0) is 30.7 Å². The zero-order valence-electron chi connectivity index (χ0n) is 10.4. The zero-order valence-corrected chi connectivity index (χ0v) is 11.9. The van der Waals surface area contributed by atoms with Crippen LogP contribution >= 0.6 is 23.4 Å². The van der Waals surface area contributed by atoms with E-state index in [9.17, 15) is 4.79 Å². The summed E-state index contributed by atoms with van der Waals surface area (Å²) in [5.41, 5.74) is 2.12. The highest BCUT2D eigenvalue weighted by Crippen LogP contribution is 2.23. The molecule has 0 saturated heterocycles. The van der Waals surface area contributed by atoms with Crippen LogP contribution in [0.25, 0.3) is 0 Å². The third-order valence-corrected chi connectivity index (χ3v) is 3.98. The summed E-state index contributed by atoms with van der Waals surface area (Å²) in [5, 5.41) is 9.57. The second-order valence-electron chi connectivity index (χ2n) is 4.12. The van der Waals surface area contributed by atoms with Gasteiger partial charge in [0, 0.05) is 22.1 Å². The van der Waals surface area contributed by atoms with Crippen LogP contribution in [0.1, 0.15) is 27.4 Å². The molecule has 0 atom stereocenters. The van der Waals surface area contributed by atoms with Crippen LogP contribution in [0.4, 0.5) is 0 Å². The summed E-state index contributed by atoms with van der Waals surface area (Å²) in [4.78, 5) is 10.8. The van der Waals surface area contributed by atoms with Gasteiger partial charge in [-0.25, -0.2) is 4.79 Å². The minimum Gasteiger partial charge on any atom is -0.475 e. The molecule has 0 bridgehead atoms. The highest BCUT2D eigenvalue weighted by Gasteiger charge is 2.12. The fourth-order valence-electron chi connectivity index (χ4n) is 1.63. The Morgan fingerprint density at radius 2 is 2.00 bits per heavy atom. The van der Waals surface area contributed by atoms with Crippen LogP contribution in [0.3, 0.4) is 0 Å². The molecule has 0 unspecified atom stereocenters. The van der Waals surface area contributed by atoms with Crippen molar-refractivity contribution < 1.29 is 14.3 Å². The molecule has 2 rings (SSSR count). The van der Waals surface area contributed by atoms with E-state index in [-0.39, 0.29) is 5.76 Å². The predicted octanol–water partition coefficient (Wildman–Crippen LogP) is 4.37. The van der Waals surface area contributed by atoms with E-state index >= 15 is 0 Å². The molecule has 0 fully saturated rings. The number of thioether (sulfide) groups is 1. The Labute approximate surface area is 120 Å². The fourth-order valence-corrected chi connectivity index (χ4v) is 2.79. The molecule has 0 radical (unpaired) electrons. The lowest BCUT2D eigenvalue weighted by Gasteiger charge is -2.01. The van der Waals surface area contributed by atoms with Gasteiger partial charge < -0.3 is 9.52 Å². The largest absolute Gasteiger partial charge is 0.475 e. The van der Waals surface area contributed by atoms with Crippen LogP contribution in [-0.4, -0.2) is 11.1 Å². The van der Waals surface area contributed by atoms with Gasteiger partial charge in [-0.15, -0.1) is 0 Å². The zero-order chi connectivity index (χ0) is 13.8. The summed E-state index contributed by atoms with van der Waals surface area (Å²) in [6.45, 7) is 1.78. The normalized spacial score (nSPS) is 10.6. The molecule has 0 aliphatic carbocycles. The van der Waals surface area contributed by atoms with Crippen LogP contribution in [0.15, 0.2) is 34.7 Å². The van der Waals surface area contributed by atoms with E-state index in [0.717, 1.165) is 22.1 Å². The molecule has 2 aromatic rings. The van der Waals surface area contributed by atoms with Crippen LogP contribution in [0.2, 0.25) is 5.02 Å². The van der Waals surface area contributed by atoms with Crippen LogP contribution < -0.4 is 0 Å². The SMILES string of the molecule is Cc1oc(C(=O)O)cc1CSCc1ccc(Cl)cc1. The van der Waals surface area contributed by atoms with E-state index in [1.54, 1.807) is 24.8 Å². The van der Waals surface area contributed by atoms with Gasteiger partial charge in [-0.2, -0.15) is 11.8 Å². The third-order valence-electron chi connectivity index (χ3n) is 2.67. The molecular weight excluding hydrogens is 284 g/mol. The van der Waals surface area contributed by atoms with Crippen molar-refractivity contribution in [2.45, 2.75) is 18.4 Å². The lowest BCUT2D eigenvalue weighted by atomic mass is 10.2. The summed E-state index contributed by atoms with van der Waals surface area (Å²) in [7, 11) is 0. The van der Waals surface area contributed by atoms with Crippen LogP contribution in [0.5, 0.6) is 0 Å². The Balaban J connectivity index is 1.92. The first-order valence-electron chi connectivity index (χ1n) is 5.71. The first kappa shape index (κ1) is 14.0. The summed E-state index contributed by atoms with van der Waals surface area (Å²) < 4.78 is 5.16. The number of benzene rings is 1. The maximum absolute atomic E-state index is 10.8. The van der Waals surface area contributed by atoms with E-state index in [4.69, 9.17) is 21.1 Å². The van der Waals surface area contributed by atoms with Crippen molar-refractivity contribution in [3.8, 4) is 0 Å². The molecule has 1 N–H and O–H groups in total. The lowest BCUT2D eigenvalue weighted by molar-refractivity contribution is 0.0661. The summed E-state index contributed by atoms with van der Waals surface area (Å²) in [6, 6.07) is 9.29. The van der Waals surface area contributed by atoms with Crippen molar-refractivity contribution in [2.24, 2.45) is 0 Å². The monoisotopic (exact) mass is 296 g/mol. The van der Waals surface area contributed by atoms with Crippen molar-refractivity contribution in [1.82, 2.24) is 0 Å². The molecule has 0 aliphatic heterocycles. The molecule has 3 nitrogen and oxygen atoms in total. The van der Waals surface area contributed by atoms with E-state index in [1.807, 2.05) is 24.3 Å². The summed E-state index contributed by atoms with van der Waals surface area (Å²) >= 11 is 7.53. The van der Waals surface area contributed by atoms with Crippen molar-refractivity contribution in [2.75, 3.05) is 0 Å². The fraction of sp³-hybridized carbons (Fsp3) is 0.214. The number of halogens is 1. The van der Waals surface area contributed by atoms with E-state index in [2.05, 4.69) is 0 Å².